The maximum atomic E-state index is 5.97. The largest absolute Gasteiger partial charge is 0.493 e. The van der Waals surface area contributed by atoms with E-state index in [-0.39, 0.29) is 6.04 Å². The Hall–Kier alpha value is -5.58. The number of nitrogens with zero attached hydrogens (tertiary/aromatic N) is 2. The number of rotatable bonds is 6. The van der Waals surface area contributed by atoms with Gasteiger partial charge in [0.15, 0.2) is 11.5 Å². The van der Waals surface area contributed by atoms with Gasteiger partial charge in [0.1, 0.15) is 0 Å². The first-order valence-corrected chi connectivity index (χ1v) is 17.2. The number of ether oxygens (including phenoxy) is 2. The average Bonchev–Trinajstić information content (AvgIpc) is 3.66. The number of hydrogen-bond acceptors (Lipinski definition) is 3. The highest BCUT2D eigenvalue weighted by atomic mass is 16.5. The van der Waals surface area contributed by atoms with E-state index in [0.717, 1.165) is 31.1 Å². The summed E-state index contributed by atoms with van der Waals surface area (Å²) in [5.74, 6) is 1.50. The van der Waals surface area contributed by atoms with Crippen LogP contribution in [0, 0.1) is 0 Å². The molecular formula is C45H38N2O2. The number of aryl methyl sites for hydroxylation is 1. The minimum Gasteiger partial charge on any atom is -0.493 e. The molecule has 0 bridgehead atoms. The Morgan fingerprint density at radius 1 is 0.592 bits per heavy atom. The Morgan fingerprint density at radius 2 is 1.20 bits per heavy atom. The maximum Gasteiger partial charge on any atom is 0.161 e. The van der Waals surface area contributed by atoms with Crippen molar-refractivity contribution in [1.82, 2.24) is 9.47 Å². The van der Waals surface area contributed by atoms with Gasteiger partial charge in [-0.1, -0.05) is 103 Å². The van der Waals surface area contributed by atoms with E-state index >= 15 is 0 Å². The van der Waals surface area contributed by atoms with E-state index in [1.807, 2.05) is 0 Å². The molecular weight excluding hydrogens is 601 g/mol. The number of fused-ring (bicyclic) bond motifs is 7. The monoisotopic (exact) mass is 638 g/mol. The summed E-state index contributed by atoms with van der Waals surface area (Å²) in [5.41, 5.74) is 15.3. The maximum absolute atomic E-state index is 5.97. The molecule has 0 amide bonds. The SMILES string of the molecule is CCn1c2ccccc2c2cc(C3C(=C4c5ccccc5-c5ccccc54)c4cc(OC)c(OC)cc4CN3Cc3ccccc3)ccc21. The molecule has 0 saturated carbocycles. The fourth-order valence-electron chi connectivity index (χ4n) is 8.45. The molecule has 4 nitrogen and oxygen atoms in total. The average molecular weight is 639 g/mol. The molecule has 6 aromatic carbocycles. The van der Waals surface area contributed by atoms with Crippen molar-refractivity contribution >= 4 is 33.0 Å². The predicted molar refractivity (Wildman–Crippen MR) is 201 cm³/mol. The summed E-state index contributed by atoms with van der Waals surface area (Å²) in [6.07, 6.45) is 0. The van der Waals surface area contributed by atoms with Gasteiger partial charge in [-0.25, -0.2) is 0 Å². The van der Waals surface area contributed by atoms with Gasteiger partial charge in [0.2, 0.25) is 0 Å². The molecule has 1 aliphatic heterocycles. The Morgan fingerprint density at radius 3 is 1.90 bits per heavy atom. The number of aromatic nitrogens is 1. The van der Waals surface area contributed by atoms with Crippen molar-refractivity contribution in [2.45, 2.75) is 32.6 Å². The minimum absolute atomic E-state index is 0.0341. The summed E-state index contributed by atoms with van der Waals surface area (Å²) in [4.78, 5) is 2.65. The number of hydrogen-bond donors (Lipinski definition) is 0. The van der Waals surface area contributed by atoms with Crippen LogP contribution in [0.3, 0.4) is 0 Å². The van der Waals surface area contributed by atoms with Gasteiger partial charge in [-0.2, -0.15) is 0 Å². The van der Waals surface area contributed by atoms with Crippen LogP contribution in [0.4, 0.5) is 0 Å². The molecule has 1 aliphatic carbocycles. The molecule has 1 aromatic heterocycles. The van der Waals surface area contributed by atoms with Crippen LogP contribution in [0.25, 0.3) is 44.1 Å². The lowest BCUT2D eigenvalue weighted by atomic mass is 9.79. The standard InChI is InChI=1S/C45H38N2O2/c1-4-47-39-21-13-12-18-34(39)38-24-30(22-23-40(38)47)45-44(43-35-19-10-8-16-32(35)33-17-9-11-20-36(33)43)37-26-42(49-3)41(48-2)25-31(37)28-46(45)27-29-14-6-5-7-15-29/h5-26,45H,4,27-28H2,1-3H3. The van der Waals surface area contributed by atoms with Crippen LogP contribution in [-0.4, -0.2) is 23.7 Å². The van der Waals surface area contributed by atoms with Crippen molar-refractivity contribution in [2.75, 3.05) is 14.2 Å². The van der Waals surface area contributed by atoms with Crippen molar-refractivity contribution in [2.24, 2.45) is 0 Å². The predicted octanol–water partition coefficient (Wildman–Crippen LogP) is 10.5. The molecule has 2 aliphatic rings. The van der Waals surface area contributed by atoms with Crippen molar-refractivity contribution in [3.8, 4) is 22.6 Å². The third kappa shape index (κ3) is 4.62. The summed E-state index contributed by atoms with van der Waals surface area (Å²) >= 11 is 0. The second-order valence-corrected chi connectivity index (χ2v) is 13.1. The molecule has 9 rings (SSSR count). The molecule has 0 saturated heterocycles. The topological polar surface area (TPSA) is 26.6 Å². The Bertz CT molecular complexity index is 2370. The Kier molecular flexibility index (Phi) is 7.14. The summed E-state index contributed by atoms with van der Waals surface area (Å²) in [6, 6.07) is 49.0. The highest BCUT2D eigenvalue weighted by Crippen LogP contribution is 2.55. The van der Waals surface area contributed by atoms with Gasteiger partial charge < -0.3 is 14.0 Å². The molecule has 0 N–H and O–H groups in total. The van der Waals surface area contributed by atoms with Gasteiger partial charge in [-0.15, -0.1) is 0 Å². The summed E-state index contributed by atoms with van der Waals surface area (Å²) in [5, 5.41) is 2.59. The molecule has 1 atom stereocenters. The molecule has 1 unspecified atom stereocenters. The van der Waals surface area contributed by atoms with Crippen LogP contribution in [0.15, 0.2) is 133 Å². The van der Waals surface area contributed by atoms with E-state index in [1.54, 1.807) is 14.2 Å². The molecule has 0 radical (unpaired) electrons. The highest BCUT2D eigenvalue weighted by molar-refractivity contribution is 6.13. The van der Waals surface area contributed by atoms with Gasteiger partial charge in [0.25, 0.3) is 0 Å². The zero-order valence-corrected chi connectivity index (χ0v) is 28.1. The first-order valence-electron chi connectivity index (χ1n) is 17.2. The van der Waals surface area contributed by atoms with Crippen LogP contribution in [0.2, 0.25) is 0 Å². The summed E-state index contributed by atoms with van der Waals surface area (Å²) < 4.78 is 14.3. The van der Waals surface area contributed by atoms with E-state index in [2.05, 4.69) is 150 Å². The van der Waals surface area contributed by atoms with Gasteiger partial charge in [0.05, 0.1) is 20.3 Å². The van der Waals surface area contributed by atoms with Crippen LogP contribution >= 0.6 is 0 Å². The Balaban J connectivity index is 1.39. The number of methoxy groups -OCH3 is 2. The van der Waals surface area contributed by atoms with Crippen LogP contribution < -0.4 is 9.47 Å². The van der Waals surface area contributed by atoms with E-state index in [9.17, 15) is 0 Å². The fraction of sp³-hybridized carbons (Fsp3) is 0.156. The van der Waals surface area contributed by atoms with E-state index < -0.39 is 0 Å². The van der Waals surface area contributed by atoms with Gasteiger partial charge in [-0.05, 0) is 92.9 Å². The summed E-state index contributed by atoms with van der Waals surface area (Å²) in [7, 11) is 3.46. The molecule has 49 heavy (non-hydrogen) atoms. The summed E-state index contributed by atoms with van der Waals surface area (Å²) in [6.45, 7) is 4.72. The molecule has 0 spiro atoms. The zero-order chi connectivity index (χ0) is 33.1. The lowest BCUT2D eigenvalue weighted by Gasteiger charge is -2.41. The lowest BCUT2D eigenvalue weighted by Crippen LogP contribution is -2.34. The molecule has 240 valence electrons. The highest BCUT2D eigenvalue weighted by Gasteiger charge is 2.38. The molecule has 4 heteroatoms. The smallest absolute Gasteiger partial charge is 0.161 e. The molecule has 0 fully saturated rings. The van der Waals surface area contributed by atoms with E-state index in [1.165, 1.54) is 77.5 Å². The second kappa shape index (κ2) is 11.8. The van der Waals surface area contributed by atoms with Crippen molar-refractivity contribution < 1.29 is 9.47 Å². The van der Waals surface area contributed by atoms with Gasteiger partial charge in [0, 0.05) is 41.4 Å². The first-order chi connectivity index (χ1) is 24.2. The fourth-order valence-corrected chi connectivity index (χ4v) is 8.45. The number of benzene rings is 6. The third-order valence-corrected chi connectivity index (χ3v) is 10.5. The zero-order valence-electron chi connectivity index (χ0n) is 28.1. The third-order valence-electron chi connectivity index (χ3n) is 10.5. The molecule has 2 heterocycles. The van der Waals surface area contributed by atoms with Crippen molar-refractivity contribution in [1.29, 1.82) is 0 Å². The Labute approximate surface area is 287 Å². The lowest BCUT2D eigenvalue weighted by molar-refractivity contribution is 0.211. The van der Waals surface area contributed by atoms with Crippen molar-refractivity contribution in [3.63, 3.8) is 0 Å². The van der Waals surface area contributed by atoms with Crippen LogP contribution in [-0.2, 0) is 19.6 Å². The quantitative estimate of drug-likeness (QED) is 0.181. The van der Waals surface area contributed by atoms with E-state index in [4.69, 9.17) is 9.47 Å². The normalized spacial score (nSPS) is 15.4. The minimum atomic E-state index is -0.0341. The van der Waals surface area contributed by atoms with Crippen LogP contribution in [0.1, 0.15) is 46.3 Å². The number of para-hydroxylation sites is 1. The van der Waals surface area contributed by atoms with Gasteiger partial charge >= 0.3 is 0 Å². The first kappa shape index (κ1) is 29.6. The van der Waals surface area contributed by atoms with Gasteiger partial charge in [-0.3, -0.25) is 4.90 Å². The van der Waals surface area contributed by atoms with E-state index in [0.29, 0.717) is 0 Å². The second-order valence-electron chi connectivity index (χ2n) is 13.1. The van der Waals surface area contributed by atoms with Crippen LogP contribution in [0.5, 0.6) is 11.5 Å². The molecule has 7 aromatic rings. The van der Waals surface area contributed by atoms with Crippen molar-refractivity contribution in [3.05, 3.63) is 167 Å².